The Morgan fingerprint density at radius 1 is 1.52 bits per heavy atom. The zero-order chi connectivity index (χ0) is 16.0. The highest BCUT2D eigenvalue weighted by atomic mass is 19.1. The summed E-state index contributed by atoms with van der Waals surface area (Å²) in [5, 5.41) is 20.1. The average molecular weight is 299 g/mol. The van der Waals surface area contributed by atoms with Crippen molar-refractivity contribution in [3.63, 3.8) is 0 Å². The van der Waals surface area contributed by atoms with Gasteiger partial charge in [0.25, 0.3) is 5.69 Å². The Balaban J connectivity index is 3.17. The number of aliphatic hydroxyl groups is 1. The van der Waals surface area contributed by atoms with E-state index in [0.717, 1.165) is 19.2 Å². The predicted molar refractivity (Wildman–Crippen MR) is 71.1 cm³/mol. The summed E-state index contributed by atoms with van der Waals surface area (Å²) in [7, 11) is 2.35. The summed E-state index contributed by atoms with van der Waals surface area (Å²) in [6.07, 6.45) is 1.69. The number of carbonyl (C=O) groups excluding carboxylic acids is 1. The van der Waals surface area contributed by atoms with Crippen molar-refractivity contribution in [2.24, 2.45) is 0 Å². The van der Waals surface area contributed by atoms with Crippen LogP contribution in [-0.2, 0) is 9.47 Å². The molecule has 0 amide bonds. The second-order valence-electron chi connectivity index (χ2n) is 3.97. The first kappa shape index (κ1) is 16.7. The molecule has 0 saturated heterocycles. The zero-order valence-corrected chi connectivity index (χ0v) is 11.4. The summed E-state index contributed by atoms with van der Waals surface area (Å²) < 4.78 is 22.7. The molecule has 0 bridgehead atoms. The molecular formula is C13H14FNO6. The number of nitro benzene ring substituents is 1. The molecule has 1 N–H and O–H groups in total. The fourth-order valence-corrected chi connectivity index (χ4v) is 1.54. The molecule has 0 aromatic heterocycles. The number of halogens is 1. The second kappa shape index (κ2) is 7.46. The fraction of sp³-hybridized carbons (Fsp3) is 0.308. The second-order valence-corrected chi connectivity index (χ2v) is 3.97. The van der Waals surface area contributed by atoms with E-state index < -0.39 is 34.3 Å². The van der Waals surface area contributed by atoms with E-state index in [1.165, 1.54) is 19.3 Å². The predicted octanol–water partition coefficient (Wildman–Crippen LogP) is 1.89. The summed E-state index contributed by atoms with van der Waals surface area (Å²) in [6, 6.07) is 1.67. The molecule has 1 atom stereocenters. The average Bonchev–Trinajstić information content (AvgIpc) is 2.46. The molecule has 21 heavy (non-hydrogen) atoms. The minimum Gasteiger partial charge on any atom is -0.465 e. The van der Waals surface area contributed by atoms with Gasteiger partial charge in [0.1, 0.15) is 11.4 Å². The first-order chi connectivity index (χ1) is 9.90. The van der Waals surface area contributed by atoms with Crippen LogP contribution in [0.2, 0.25) is 0 Å². The molecule has 1 aromatic rings. The molecule has 0 radical (unpaired) electrons. The number of aliphatic hydroxyl groups excluding tert-OH is 1. The van der Waals surface area contributed by atoms with Crippen molar-refractivity contribution >= 4 is 17.7 Å². The van der Waals surface area contributed by atoms with Crippen molar-refractivity contribution in [1.29, 1.82) is 0 Å². The van der Waals surface area contributed by atoms with Gasteiger partial charge >= 0.3 is 5.97 Å². The van der Waals surface area contributed by atoms with E-state index in [4.69, 9.17) is 0 Å². The summed E-state index contributed by atoms with van der Waals surface area (Å²) in [4.78, 5) is 21.5. The van der Waals surface area contributed by atoms with Crippen molar-refractivity contribution in [2.75, 3.05) is 14.2 Å². The molecule has 0 aliphatic carbocycles. The smallest absolute Gasteiger partial charge is 0.341 e. The van der Waals surface area contributed by atoms with Crippen LogP contribution in [0.25, 0.3) is 6.08 Å². The van der Waals surface area contributed by atoms with Crippen LogP contribution in [0.3, 0.4) is 0 Å². The summed E-state index contributed by atoms with van der Waals surface area (Å²) >= 11 is 0. The molecule has 1 rings (SSSR count). The summed E-state index contributed by atoms with van der Waals surface area (Å²) in [5.74, 6) is -1.93. The zero-order valence-electron chi connectivity index (χ0n) is 11.4. The van der Waals surface area contributed by atoms with E-state index in [9.17, 15) is 24.4 Å². The SMILES string of the molecule is COC(=O)c1cc([N+](=O)[O-])c(/C=C\CC(O)OC)cc1F. The van der Waals surface area contributed by atoms with Crippen molar-refractivity contribution in [2.45, 2.75) is 12.7 Å². The highest BCUT2D eigenvalue weighted by molar-refractivity contribution is 5.91. The van der Waals surface area contributed by atoms with Gasteiger partial charge in [0.05, 0.1) is 17.6 Å². The van der Waals surface area contributed by atoms with E-state index in [0.29, 0.717) is 0 Å². The molecule has 0 aliphatic rings. The molecule has 0 heterocycles. The van der Waals surface area contributed by atoms with Gasteiger partial charge < -0.3 is 14.6 Å². The van der Waals surface area contributed by atoms with Gasteiger partial charge in [-0.2, -0.15) is 0 Å². The van der Waals surface area contributed by atoms with Gasteiger partial charge in [-0.3, -0.25) is 10.1 Å². The Kier molecular flexibility index (Phi) is 5.94. The molecular weight excluding hydrogens is 285 g/mol. The van der Waals surface area contributed by atoms with Crippen LogP contribution in [0.1, 0.15) is 22.3 Å². The van der Waals surface area contributed by atoms with Crippen LogP contribution in [0.5, 0.6) is 0 Å². The summed E-state index contributed by atoms with van der Waals surface area (Å²) in [6.45, 7) is 0. The molecule has 7 nitrogen and oxygen atoms in total. The number of nitro groups is 1. The molecule has 0 aliphatic heterocycles. The molecule has 114 valence electrons. The normalized spacial score (nSPS) is 12.4. The lowest BCUT2D eigenvalue weighted by atomic mass is 10.1. The number of ether oxygens (including phenoxy) is 2. The van der Waals surface area contributed by atoms with Gasteiger partial charge in [0.2, 0.25) is 0 Å². The van der Waals surface area contributed by atoms with Crippen LogP contribution in [0.15, 0.2) is 18.2 Å². The van der Waals surface area contributed by atoms with Gasteiger partial charge in [0, 0.05) is 19.6 Å². The molecule has 0 saturated carbocycles. The third-order valence-electron chi connectivity index (χ3n) is 2.63. The van der Waals surface area contributed by atoms with Crippen LogP contribution in [0.4, 0.5) is 10.1 Å². The summed E-state index contributed by atoms with van der Waals surface area (Å²) in [5.41, 5.74) is -0.994. The van der Waals surface area contributed by atoms with E-state index in [1.807, 2.05) is 0 Å². The Bertz CT molecular complexity index is 572. The number of esters is 1. The first-order valence-corrected chi connectivity index (χ1v) is 5.84. The van der Waals surface area contributed by atoms with Crippen molar-refractivity contribution in [1.82, 2.24) is 0 Å². The van der Waals surface area contributed by atoms with Crippen molar-refractivity contribution < 1.29 is 28.7 Å². The number of methoxy groups -OCH3 is 2. The van der Waals surface area contributed by atoms with E-state index in [2.05, 4.69) is 9.47 Å². The molecule has 1 unspecified atom stereocenters. The monoisotopic (exact) mass is 299 g/mol. The Morgan fingerprint density at radius 2 is 2.19 bits per heavy atom. The van der Waals surface area contributed by atoms with Crippen LogP contribution >= 0.6 is 0 Å². The lowest BCUT2D eigenvalue weighted by molar-refractivity contribution is -0.385. The largest absolute Gasteiger partial charge is 0.465 e. The third kappa shape index (κ3) is 4.33. The molecule has 1 aromatic carbocycles. The van der Waals surface area contributed by atoms with Gasteiger partial charge in [-0.15, -0.1) is 0 Å². The van der Waals surface area contributed by atoms with Crippen molar-refractivity contribution in [3.8, 4) is 0 Å². The fourth-order valence-electron chi connectivity index (χ4n) is 1.54. The Hall–Kier alpha value is -2.32. The minimum absolute atomic E-state index is 0.0338. The van der Waals surface area contributed by atoms with E-state index in [-0.39, 0.29) is 12.0 Å². The van der Waals surface area contributed by atoms with Gasteiger partial charge in [-0.05, 0) is 6.07 Å². The number of benzene rings is 1. The molecule has 8 heteroatoms. The number of carbonyl (C=O) groups is 1. The maximum Gasteiger partial charge on any atom is 0.341 e. The third-order valence-corrected chi connectivity index (χ3v) is 2.63. The molecule has 0 fully saturated rings. The Morgan fingerprint density at radius 3 is 2.71 bits per heavy atom. The number of hydrogen-bond acceptors (Lipinski definition) is 6. The first-order valence-electron chi connectivity index (χ1n) is 5.84. The quantitative estimate of drug-likeness (QED) is 0.373. The number of nitrogens with zero attached hydrogens (tertiary/aromatic N) is 1. The Labute approximate surface area is 119 Å². The molecule has 0 spiro atoms. The van der Waals surface area contributed by atoms with E-state index in [1.54, 1.807) is 0 Å². The van der Waals surface area contributed by atoms with Crippen LogP contribution < -0.4 is 0 Å². The standard InChI is InChI=1S/C13H14FNO6/c1-20-12(16)5-3-4-8-6-10(14)9(13(17)21-2)7-11(8)15(18)19/h3-4,6-7,12,16H,5H2,1-2H3/b4-3-. The topological polar surface area (TPSA) is 98.9 Å². The maximum atomic E-state index is 13.8. The van der Waals surface area contributed by atoms with Gasteiger partial charge in [-0.1, -0.05) is 12.2 Å². The maximum absolute atomic E-state index is 13.8. The minimum atomic E-state index is -1.06. The van der Waals surface area contributed by atoms with Crippen molar-refractivity contribution in [3.05, 3.63) is 45.3 Å². The highest BCUT2D eigenvalue weighted by Crippen LogP contribution is 2.25. The highest BCUT2D eigenvalue weighted by Gasteiger charge is 2.21. The lowest BCUT2D eigenvalue weighted by Crippen LogP contribution is -2.07. The number of rotatable bonds is 6. The van der Waals surface area contributed by atoms with Crippen LogP contribution in [0, 0.1) is 15.9 Å². The lowest BCUT2D eigenvalue weighted by Gasteiger charge is -2.05. The van der Waals surface area contributed by atoms with Gasteiger partial charge in [-0.25, -0.2) is 9.18 Å². The van der Waals surface area contributed by atoms with E-state index >= 15 is 0 Å². The van der Waals surface area contributed by atoms with Crippen LogP contribution in [-0.4, -0.2) is 36.5 Å². The number of hydrogen-bond donors (Lipinski definition) is 1. The van der Waals surface area contributed by atoms with Gasteiger partial charge in [0.15, 0.2) is 6.29 Å².